The Morgan fingerprint density at radius 3 is 2.25 bits per heavy atom. The van der Waals surface area contributed by atoms with Crippen LogP contribution in [0.2, 0.25) is 0 Å². The molecule has 0 saturated carbocycles. The van der Waals surface area contributed by atoms with Crippen LogP contribution in [0.15, 0.2) is 0 Å². The molecule has 1 heterocycles. The summed E-state index contributed by atoms with van der Waals surface area (Å²) in [6.45, 7) is 4.70. The van der Waals surface area contributed by atoms with Crippen LogP contribution in [0.4, 0.5) is 0 Å². The average molecular weight is 193 g/mol. The molecule has 74 valence electrons. The fraction of sp³-hybridized carbons (Fsp3) is 1.00. The molecule has 0 N–H and O–H groups in total. The standard InChI is InChI=1S/C6H13NO2S.C2H6/c1-7-5-3-2-4-6-10(7,8)9;1-2/h2-6H2,1H3;1-2H3. The first-order valence-corrected chi connectivity index (χ1v) is 6.18. The SMILES string of the molecule is CC.CN1CCCCCS1(=O)=O. The van der Waals surface area contributed by atoms with Crippen LogP contribution in [-0.4, -0.2) is 32.1 Å². The lowest BCUT2D eigenvalue weighted by atomic mass is 10.2. The van der Waals surface area contributed by atoms with E-state index in [2.05, 4.69) is 0 Å². The Bertz CT molecular complexity index is 199. The number of hydrogen-bond donors (Lipinski definition) is 0. The molecule has 1 rings (SSSR count). The summed E-state index contributed by atoms with van der Waals surface area (Å²) in [6.07, 6.45) is 2.88. The Hall–Kier alpha value is -0.0900. The zero-order chi connectivity index (χ0) is 9.61. The zero-order valence-corrected chi connectivity index (χ0v) is 9.02. The summed E-state index contributed by atoms with van der Waals surface area (Å²) in [7, 11) is -1.21. The van der Waals surface area contributed by atoms with Gasteiger partial charge in [-0.25, -0.2) is 12.7 Å². The van der Waals surface area contributed by atoms with Crippen LogP contribution in [0.5, 0.6) is 0 Å². The molecular formula is C8H19NO2S. The van der Waals surface area contributed by atoms with Gasteiger partial charge in [0.1, 0.15) is 0 Å². The maximum Gasteiger partial charge on any atom is 0.213 e. The molecule has 4 heteroatoms. The number of rotatable bonds is 0. The molecule has 0 aliphatic carbocycles. The van der Waals surface area contributed by atoms with Crippen molar-refractivity contribution in [2.75, 3.05) is 19.3 Å². The molecule has 0 unspecified atom stereocenters. The minimum Gasteiger partial charge on any atom is -0.212 e. The van der Waals surface area contributed by atoms with Crippen molar-refractivity contribution in [2.24, 2.45) is 0 Å². The first-order chi connectivity index (χ1) is 5.63. The van der Waals surface area contributed by atoms with E-state index < -0.39 is 10.0 Å². The number of sulfonamides is 1. The Morgan fingerprint density at radius 1 is 1.08 bits per heavy atom. The number of nitrogens with zero attached hydrogens (tertiary/aromatic N) is 1. The van der Waals surface area contributed by atoms with Gasteiger partial charge in [-0.3, -0.25) is 0 Å². The predicted octanol–water partition coefficient (Wildman–Crippen LogP) is 1.46. The highest BCUT2D eigenvalue weighted by Gasteiger charge is 2.19. The fourth-order valence-corrected chi connectivity index (χ4v) is 2.38. The predicted molar refractivity (Wildman–Crippen MR) is 51.6 cm³/mol. The Morgan fingerprint density at radius 2 is 1.67 bits per heavy atom. The van der Waals surface area contributed by atoms with E-state index in [0.717, 1.165) is 19.3 Å². The molecular weight excluding hydrogens is 174 g/mol. The quantitative estimate of drug-likeness (QED) is 0.584. The lowest BCUT2D eigenvalue weighted by Gasteiger charge is -2.11. The van der Waals surface area contributed by atoms with E-state index in [1.165, 1.54) is 4.31 Å². The molecule has 1 saturated heterocycles. The van der Waals surface area contributed by atoms with Crippen molar-refractivity contribution < 1.29 is 8.42 Å². The van der Waals surface area contributed by atoms with Crippen LogP contribution in [0.3, 0.4) is 0 Å². The van der Waals surface area contributed by atoms with Gasteiger partial charge in [0.05, 0.1) is 5.75 Å². The van der Waals surface area contributed by atoms with Gasteiger partial charge in [0.25, 0.3) is 0 Å². The summed E-state index contributed by atoms with van der Waals surface area (Å²) in [4.78, 5) is 0. The van der Waals surface area contributed by atoms with Crippen molar-refractivity contribution in [1.82, 2.24) is 4.31 Å². The molecule has 0 spiro atoms. The normalized spacial score (nSPS) is 23.6. The van der Waals surface area contributed by atoms with Crippen LogP contribution in [0, 0.1) is 0 Å². The maximum atomic E-state index is 11.1. The Kier molecular flexibility index (Phi) is 5.50. The van der Waals surface area contributed by atoms with Crippen molar-refractivity contribution in [1.29, 1.82) is 0 Å². The summed E-state index contributed by atoms with van der Waals surface area (Å²) in [5.41, 5.74) is 0. The summed E-state index contributed by atoms with van der Waals surface area (Å²) in [5.74, 6) is 0.337. The summed E-state index contributed by atoms with van der Waals surface area (Å²) < 4.78 is 23.7. The van der Waals surface area contributed by atoms with Crippen molar-refractivity contribution in [3.05, 3.63) is 0 Å². The highest BCUT2D eigenvalue weighted by Crippen LogP contribution is 2.10. The van der Waals surface area contributed by atoms with E-state index in [9.17, 15) is 8.42 Å². The molecule has 0 aromatic rings. The van der Waals surface area contributed by atoms with Gasteiger partial charge in [-0.2, -0.15) is 0 Å². The van der Waals surface area contributed by atoms with E-state index in [0.29, 0.717) is 12.3 Å². The summed E-state index contributed by atoms with van der Waals surface area (Å²) >= 11 is 0. The van der Waals surface area contributed by atoms with Crippen molar-refractivity contribution in [3.63, 3.8) is 0 Å². The third kappa shape index (κ3) is 3.54. The highest BCUT2D eigenvalue weighted by molar-refractivity contribution is 7.89. The van der Waals surface area contributed by atoms with E-state index in [-0.39, 0.29) is 0 Å². The van der Waals surface area contributed by atoms with Crippen LogP contribution in [0.1, 0.15) is 33.1 Å². The average Bonchev–Trinajstić information content (AvgIpc) is 2.19. The zero-order valence-electron chi connectivity index (χ0n) is 8.21. The first kappa shape index (κ1) is 11.9. The van der Waals surface area contributed by atoms with Crippen LogP contribution >= 0.6 is 0 Å². The van der Waals surface area contributed by atoms with Gasteiger partial charge in [0.2, 0.25) is 10.0 Å². The molecule has 1 aliphatic rings. The largest absolute Gasteiger partial charge is 0.213 e. The van der Waals surface area contributed by atoms with Crippen molar-refractivity contribution in [2.45, 2.75) is 33.1 Å². The van der Waals surface area contributed by atoms with E-state index in [1.54, 1.807) is 7.05 Å². The maximum absolute atomic E-state index is 11.1. The Labute approximate surface area is 75.8 Å². The second-order valence-corrected chi connectivity index (χ2v) is 4.89. The molecule has 0 atom stereocenters. The van der Waals surface area contributed by atoms with E-state index in [4.69, 9.17) is 0 Å². The molecule has 0 amide bonds. The minimum absolute atomic E-state index is 0.337. The second-order valence-electron chi connectivity index (χ2n) is 2.70. The van der Waals surface area contributed by atoms with Crippen LogP contribution in [-0.2, 0) is 10.0 Å². The lowest BCUT2D eigenvalue weighted by molar-refractivity contribution is 0.472. The lowest BCUT2D eigenvalue weighted by Crippen LogP contribution is -2.27. The fourth-order valence-electron chi connectivity index (χ4n) is 1.09. The molecule has 0 radical (unpaired) electrons. The third-order valence-electron chi connectivity index (χ3n) is 1.85. The highest BCUT2D eigenvalue weighted by atomic mass is 32.2. The molecule has 0 bridgehead atoms. The smallest absolute Gasteiger partial charge is 0.212 e. The van der Waals surface area contributed by atoms with Gasteiger partial charge >= 0.3 is 0 Å². The van der Waals surface area contributed by atoms with Gasteiger partial charge in [-0.15, -0.1) is 0 Å². The molecule has 12 heavy (non-hydrogen) atoms. The molecule has 0 aromatic heterocycles. The van der Waals surface area contributed by atoms with Gasteiger partial charge in [0, 0.05) is 13.6 Å². The Balaban J connectivity index is 0.000000561. The molecule has 1 aliphatic heterocycles. The van der Waals surface area contributed by atoms with Gasteiger partial charge in [0.15, 0.2) is 0 Å². The first-order valence-electron chi connectivity index (χ1n) is 4.57. The molecule has 1 fully saturated rings. The van der Waals surface area contributed by atoms with Crippen molar-refractivity contribution in [3.8, 4) is 0 Å². The summed E-state index contributed by atoms with van der Waals surface area (Å²) in [5, 5.41) is 0. The van der Waals surface area contributed by atoms with Gasteiger partial charge in [-0.1, -0.05) is 20.3 Å². The molecule has 0 aromatic carbocycles. The third-order valence-corrected chi connectivity index (χ3v) is 3.79. The summed E-state index contributed by atoms with van der Waals surface area (Å²) in [6, 6.07) is 0. The van der Waals surface area contributed by atoms with E-state index in [1.807, 2.05) is 13.8 Å². The van der Waals surface area contributed by atoms with E-state index >= 15 is 0 Å². The second kappa shape index (κ2) is 5.54. The van der Waals surface area contributed by atoms with Gasteiger partial charge < -0.3 is 0 Å². The minimum atomic E-state index is -2.86. The monoisotopic (exact) mass is 193 g/mol. The van der Waals surface area contributed by atoms with Crippen LogP contribution < -0.4 is 0 Å². The number of hydrogen-bond acceptors (Lipinski definition) is 2. The van der Waals surface area contributed by atoms with Gasteiger partial charge in [-0.05, 0) is 12.8 Å². The molecule has 3 nitrogen and oxygen atoms in total. The van der Waals surface area contributed by atoms with Crippen LogP contribution in [0.25, 0.3) is 0 Å². The topological polar surface area (TPSA) is 37.4 Å². The van der Waals surface area contributed by atoms with Crippen molar-refractivity contribution >= 4 is 10.0 Å².